The van der Waals surface area contributed by atoms with E-state index in [0.717, 1.165) is 49.7 Å². The maximum absolute atomic E-state index is 13.6. The first kappa shape index (κ1) is 20.3. The second kappa shape index (κ2) is 9.16. The van der Waals surface area contributed by atoms with Crippen LogP contribution in [0.2, 0.25) is 0 Å². The molecule has 150 valence electrons. The van der Waals surface area contributed by atoms with E-state index in [1.165, 1.54) is 45.4 Å². The molecule has 2 saturated carbocycles. The number of hydrogen-bond acceptors (Lipinski definition) is 2. The summed E-state index contributed by atoms with van der Waals surface area (Å²) in [5, 5.41) is 0. The van der Waals surface area contributed by atoms with E-state index in [1.54, 1.807) is 0 Å². The van der Waals surface area contributed by atoms with E-state index >= 15 is 0 Å². The van der Waals surface area contributed by atoms with Gasteiger partial charge in [-0.1, -0.05) is 45.4 Å². The molecule has 0 heterocycles. The Morgan fingerprint density at radius 2 is 1.41 bits per heavy atom. The summed E-state index contributed by atoms with van der Waals surface area (Å²) in [7, 11) is 0. The molecule has 0 bridgehead atoms. The normalized spacial score (nSPS) is 28.7. The molecule has 4 heteroatoms. The van der Waals surface area contributed by atoms with E-state index in [-0.39, 0.29) is 23.2 Å². The number of carbonyl (C=O) groups is 1. The van der Waals surface area contributed by atoms with Crippen LogP contribution in [0.1, 0.15) is 76.7 Å². The lowest BCUT2D eigenvalue weighted by Crippen LogP contribution is -2.26. The molecule has 0 radical (unpaired) electrons. The van der Waals surface area contributed by atoms with Crippen molar-refractivity contribution in [2.24, 2.45) is 23.7 Å². The van der Waals surface area contributed by atoms with Crippen molar-refractivity contribution in [3.63, 3.8) is 0 Å². The number of hydrogen-bond donors (Lipinski definition) is 0. The average molecular weight is 379 g/mol. The molecule has 1 aromatic rings. The van der Waals surface area contributed by atoms with Crippen molar-refractivity contribution in [2.75, 3.05) is 0 Å². The van der Waals surface area contributed by atoms with Crippen LogP contribution in [0.5, 0.6) is 5.75 Å². The number of rotatable bonds is 5. The van der Waals surface area contributed by atoms with Crippen LogP contribution in [0.15, 0.2) is 12.1 Å². The van der Waals surface area contributed by atoms with Crippen LogP contribution >= 0.6 is 0 Å². The highest BCUT2D eigenvalue weighted by Gasteiger charge is 2.29. The molecule has 0 spiro atoms. The van der Waals surface area contributed by atoms with Gasteiger partial charge in [-0.2, -0.15) is 0 Å². The molecule has 3 rings (SSSR count). The van der Waals surface area contributed by atoms with Crippen molar-refractivity contribution in [1.29, 1.82) is 0 Å². The summed E-state index contributed by atoms with van der Waals surface area (Å²) < 4.78 is 32.5. The zero-order chi connectivity index (χ0) is 19.4. The highest BCUT2D eigenvalue weighted by Crippen LogP contribution is 2.37. The van der Waals surface area contributed by atoms with E-state index < -0.39 is 11.6 Å². The summed E-state index contributed by atoms with van der Waals surface area (Å²) in [6, 6.07) is 2.18. The molecule has 0 amide bonds. The van der Waals surface area contributed by atoms with E-state index in [4.69, 9.17) is 4.74 Å². The topological polar surface area (TPSA) is 26.3 Å². The maximum Gasteiger partial charge on any atom is 0.314 e. The molecular formula is C23H32F2O2. The molecule has 1 aromatic carbocycles. The van der Waals surface area contributed by atoms with Crippen molar-refractivity contribution >= 4 is 5.97 Å². The Hall–Kier alpha value is -1.45. The van der Waals surface area contributed by atoms with Crippen LogP contribution < -0.4 is 4.74 Å². The zero-order valence-electron chi connectivity index (χ0n) is 16.6. The van der Waals surface area contributed by atoms with Gasteiger partial charge in [-0.15, -0.1) is 0 Å². The van der Waals surface area contributed by atoms with Gasteiger partial charge in [0.15, 0.2) is 0 Å². The SMILES string of the molecule is Cc1c(F)cc(OC(=O)C2CCC(CCC3CCC(C)CC3)CC2)cc1F. The molecule has 0 aromatic heterocycles. The minimum atomic E-state index is -0.682. The van der Waals surface area contributed by atoms with Crippen LogP contribution in [0.4, 0.5) is 8.78 Å². The number of halogens is 2. The lowest BCUT2D eigenvalue weighted by atomic mass is 9.76. The molecule has 2 aliphatic carbocycles. The van der Waals surface area contributed by atoms with E-state index in [1.807, 2.05) is 0 Å². The fourth-order valence-electron chi connectivity index (χ4n) is 4.66. The first-order valence-corrected chi connectivity index (χ1v) is 10.6. The van der Waals surface area contributed by atoms with Gasteiger partial charge in [0.25, 0.3) is 0 Å². The van der Waals surface area contributed by atoms with E-state index in [0.29, 0.717) is 5.92 Å². The summed E-state index contributed by atoms with van der Waals surface area (Å²) >= 11 is 0. The summed E-state index contributed by atoms with van der Waals surface area (Å²) in [6.07, 6.45) is 11.9. The molecule has 27 heavy (non-hydrogen) atoms. The number of benzene rings is 1. The molecule has 0 aliphatic heterocycles. The summed E-state index contributed by atoms with van der Waals surface area (Å²) in [6.45, 7) is 3.72. The second-order valence-corrected chi connectivity index (χ2v) is 8.85. The first-order valence-electron chi connectivity index (χ1n) is 10.6. The molecule has 0 atom stereocenters. The van der Waals surface area contributed by atoms with Crippen LogP contribution in [0.25, 0.3) is 0 Å². The number of ether oxygens (including phenoxy) is 1. The molecule has 2 nitrogen and oxygen atoms in total. The Balaban J connectivity index is 1.41. The zero-order valence-corrected chi connectivity index (χ0v) is 16.6. The lowest BCUT2D eigenvalue weighted by molar-refractivity contribution is -0.140. The Bertz CT molecular complexity index is 619. The van der Waals surface area contributed by atoms with Crippen molar-refractivity contribution in [2.45, 2.75) is 78.1 Å². The van der Waals surface area contributed by atoms with Gasteiger partial charge in [0.1, 0.15) is 17.4 Å². The molecule has 0 unspecified atom stereocenters. The van der Waals surface area contributed by atoms with Gasteiger partial charge >= 0.3 is 5.97 Å². The summed E-state index contributed by atoms with van der Waals surface area (Å²) in [4.78, 5) is 12.4. The van der Waals surface area contributed by atoms with Crippen LogP contribution in [-0.2, 0) is 4.79 Å². The van der Waals surface area contributed by atoms with Gasteiger partial charge in [-0.3, -0.25) is 4.79 Å². The summed E-state index contributed by atoms with van der Waals surface area (Å²) in [5.41, 5.74) is -0.0530. The van der Waals surface area contributed by atoms with E-state index in [9.17, 15) is 13.6 Å². The van der Waals surface area contributed by atoms with Crippen molar-refractivity contribution in [1.82, 2.24) is 0 Å². The third-order valence-electron chi connectivity index (χ3n) is 6.77. The molecule has 0 saturated heterocycles. The third-order valence-corrected chi connectivity index (χ3v) is 6.77. The minimum Gasteiger partial charge on any atom is -0.426 e. The Morgan fingerprint density at radius 3 is 1.93 bits per heavy atom. The van der Waals surface area contributed by atoms with Crippen LogP contribution in [0.3, 0.4) is 0 Å². The van der Waals surface area contributed by atoms with Crippen molar-refractivity contribution in [3.8, 4) is 5.75 Å². The van der Waals surface area contributed by atoms with E-state index in [2.05, 4.69) is 6.92 Å². The highest BCUT2D eigenvalue weighted by atomic mass is 19.1. The quantitative estimate of drug-likeness (QED) is 0.427. The minimum absolute atomic E-state index is 0.0331. The molecular weight excluding hydrogens is 346 g/mol. The smallest absolute Gasteiger partial charge is 0.314 e. The van der Waals surface area contributed by atoms with Gasteiger partial charge in [-0.25, -0.2) is 8.78 Å². The highest BCUT2D eigenvalue weighted by molar-refractivity contribution is 5.75. The van der Waals surface area contributed by atoms with Gasteiger partial charge in [0.2, 0.25) is 0 Å². The Morgan fingerprint density at radius 1 is 0.926 bits per heavy atom. The van der Waals surface area contributed by atoms with Crippen LogP contribution in [-0.4, -0.2) is 5.97 Å². The third kappa shape index (κ3) is 5.52. The Kier molecular flexibility index (Phi) is 6.88. The fourth-order valence-corrected chi connectivity index (χ4v) is 4.66. The summed E-state index contributed by atoms with van der Waals surface area (Å²) in [5.74, 6) is 0.615. The number of carbonyl (C=O) groups excluding carboxylic acids is 1. The second-order valence-electron chi connectivity index (χ2n) is 8.85. The van der Waals surface area contributed by atoms with Crippen LogP contribution in [0, 0.1) is 42.2 Å². The Labute approximate surface area is 161 Å². The predicted molar refractivity (Wildman–Crippen MR) is 103 cm³/mol. The fraction of sp³-hybridized carbons (Fsp3) is 0.696. The van der Waals surface area contributed by atoms with Gasteiger partial charge in [-0.05, 0) is 50.4 Å². The largest absolute Gasteiger partial charge is 0.426 e. The molecule has 2 fully saturated rings. The van der Waals surface area contributed by atoms with Gasteiger partial charge in [0, 0.05) is 17.7 Å². The van der Waals surface area contributed by atoms with Crippen molar-refractivity contribution in [3.05, 3.63) is 29.3 Å². The standard InChI is InChI=1S/C23H32F2O2/c1-15-3-5-17(6-4-15)7-8-18-9-11-19(12-10-18)23(26)27-20-13-21(24)16(2)22(25)14-20/h13-15,17-19H,3-12H2,1-2H3. The van der Waals surface area contributed by atoms with Crippen molar-refractivity contribution < 1.29 is 18.3 Å². The van der Waals surface area contributed by atoms with Gasteiger partial charge < -0.3 is 4.74 Å². The molecule has 2 aliphatic rings. The average Bonchev–Trinajstić information content (AvgIpc) is 2.66. The predicted octanol–water partition coefficient (Wildman–Crippen LogP) is 6.59. The maximum atomic E-state index is 13.6. The number of esters is 1. The van der Waals surface area contributed by atoms with Gasteiger partial charge in [0.05, 0.1) is 5.92 Å². The monoisotopic (exact) mass is 378 g/mol. The lowest BCUT2D eigenvalue weighted by Gasteiger charge is -2.30. The molecule has 0 N–H and O–H groups in total. The first-order chi connectivity index (χ1) is 12.9.